The molecule has 2 aliphatic rings. The number of nitrogens with one attached hydrogen (secondary N) is 1. The van der Waals surface area contributed by atoms with Crippen molar-refractivity contribution in [3.05, 3.63) is 68.9 Å². The SMILES string of the molecule is C=CC(=O)N1CCC(n2nc(N3CCc4nn(C)c(=O)cc4C3)c(-c3c(Cl)c(C)cc4[nH]ncc34)c2C)CC1. The summed E-state index contributed by atoms with van der Waals surface area (Å²) in [5.74, 6) is 0.797. The molecule has 10 nitrogen and oxygen atoms in total. The normalized spacial score (nSPS) is 16.1. The molecule has 202 valence electrons. The molecule has 6 rings (SSSR count). The van der Waals surface area contributed by atoms with Gasteiger partial charge in [-0.25, -0.2) is 4.68 Å². The highest BCUT2D eigenvalue weighted by Crippen LogP contribution is 2.45. The second-order valence-corrected chi connectivity index (χ2v) is 10.8. The van der Waals surface area contributed by atoms with Crippen molar-refractivity contribution in [2.45, 2.75) is 45.7 Å². The van der Waals surface area contributed by atoms with Crippen LogP contribution < -0.4 is 10.5 Å². The molecule has 5 heterocycles. The number of fused-ring (bicyclic) bond motifs is 2. The Morgan fingerprint density at radius 1 is 1.15 bits per heavy atom. The summed E-state index contributed by atoms with van der Waals surface area (Å²) in [6.45, 7) is 10.3. The molecule has 11 heteroatoms. The van der Waals surface area contributed by atoms with E-state index in [1.807, 2.05) is 24.1 Å². The number of piperidine rings is 1. The number of hydrogen-bond acceptors (Lipinski definition) is 6. The molecule has 39 heavy (non-hydrogen) atoms. The molecule has 0 aliphatic carbocycles. The molecule has 1 fully saturated rings. The van der Waals surface area contributed by atoms with Crippen LogP contribution in [0.25, 0.3) is 22.0 Å². The third kappa shape index (κ3) is 4.23. The van der Waals surface area contributed by atoms with Crippen molar-refractivity contribution in [2.75, 3.05) is 24.5 Å². The highest BCUT2D eigenvalue weighted by molar-refractivity contribution is 6.36. The van der Waals surface area contributed by atoms with E-state index in [1.165, 1.54) is 10.8 Å². The highest BCUT2D eigenvalue weighted by Gasteiger charge is 2.32. The number of likely N-dealkylation sites (tertiary alicyclic amines) is 1. The lowest BCUT2D eigenvalue weighted by Crippen LogP contribution is -2.38. The lowest BCUT2D eigenvalue weighted by atomic mass is 9.97. The first kappa shape index (κ1) is 25.4. The summed E-state index contributed by atoms with van der Waals surface area (Å²) in [6, 6.07) is 3.83. The van der Waals surface area contributed by atoms with Crippen LogP contribution in [0.5, 0.6) is 0 Å². The zero-order valence-corrected chi connectivity index (χ0v) is 23.1. The smallest absolute Gasteiger partial charge is 0.266 e. The predicted molar refractivity (Wildman–Crippen MR) is 151 cm³/mol. The first-order valence-electron chi connectivity index (χ1n) is 13.2. The largest absolute Gasteiger partial charge is 0.350 e. The molecule has 1 saturated heterocycles. The number of nitrogens with zero attached hydrogens (tertiary/aromatic N) is 7. The van der Waals surface area contributed by atoms with Gasteiger partial charge in [-0.15, -0.1) is 0 Å². The van der Waals surface area contributed by atoms with Gasteiger partial charge in [-0.1, -0.05) is 18.2 Å². The van der Waals surface area contributed by atoms with E-state index in [9.17, 15) is 9.59 Å². The van der Waals surface area contributed by atoms with Gasteiger partial charge in [-0.05, 0) is 44.4 Å². The Labute approximate surface area is 230 Å². The lowest BCUT2D eigenvalue weighted by molar-refractivity contribution is -0.127. The number of hydrogen-bond donors (Lipinski definition) is 1. The Morgan fingerprint density at radius 2 is 1.92 bits per heavy atom. The summed E-state index contributed by atoms with van der Waals surface area (Å²) in [7, 11) is 1.68. The molecule has 0 bridgehead atoms. The number of amides is 1. The molecule has 2 aliphatic heterocycles. The number of halogens is 1. The lowest BCUT2D eigenvalue weighted by Gasteiger charge is -2.32. The first-order chi connectivity index (χ1) is 18.8. The van der Waals surface area contributed by atoms with Crippen LogP contribution in [0.15, 0.2) is 35.8 Å². The fourth-order valence-corrected chi connectivity index (χ4v) is 6.20. The fourth-order valence-electron chi connectivity index (χ4n) is 5.95. The molecule has 3 aromatic heterocycles. The Hall–Kier alpha value is -3.92. The molecular formula is C28H31ClN8O2. The molecule has 1 N–H and O–H groups in total. The molecule has 0 atom stereocenters. The van der Waals surface area contributed by atoms with Crippen molar-refractivity contribution < 1.29 is 4.79 Å². The van der Waals surface area contributed by atoms with Crippen molar-refractivity contribution in [3.63, 3.8) is 0 Å². The van der Waals surface area contributed by atoms with Gasteiger partial charge in [-0.3, -0.25) is 19.4 Å². The summed E-state index contributed by atoms with van der Waals surface area (Å²) < 4.78 is 3.51. The number of H-pyrrole nitrogens is 1. The van der Waals surface area contributed by atoms with E-state index >= 15 is 0 Å². The molecule has 0 radical (unpaired) electrons. The number of aromatic amines is 1. The average molecular weight is 547 g/mol. The van der Waals surface area contributed by atoms with Gasteiger partial charge < -0.3 is 9.80 Å². The molecule has 1 amide bonds. The second kappa shape index (κ2) is 9.68. The van der Waals surface area contributed by atoms with Crippen molar-refractivity contribution in [1.29, 1.82) is 0 Å². The van der Waals surface area contributed by atoms with Crippen LogP contribution in [0.4, 0.5) is 5.82 Å². The number of aromatic nitrogens is 6. The minimum absolute atomic E-state index is 0.0346. The quantitative estimate of drug-likeness (QED) is 0.391. The van der Waals surface area contributed by atoms with Crippen molar-refractivity contribution >= 4 is 34.2 Å². The van der Waals surface area contributed by atoms with Crippen molar-refractivity contribution in [3.8, 4) is 11.1 Å². The van der Waals surface area contributed by atoms with E-state index in [0.29, 0.717) is 37.6 Å². The summed E-state index contributed by atoms with van der Waals surface area (Å²) in [5, 5.41) is 18.7. The summed E-state index contributed by atoms with van der Waals surface area (Å²) >= 11 is 7.03. The minimum atomic E-state index is -0.125. The van der Waals surface area contributed by atoms with Crippen LogP contribution in [-0.4, -0.2) is 60.2 Å². The number of rotatable bonds is 4. The molecule has 0 unspecified atom stereocenters. The van der Waals surface area contributed by atoms with E-state index < -0.39 is 0 Å². The first-order valence-corrected chi connectivity index (χ1v) is 13.6. The van der Waals surface area contributed by atoms with Gasteiger partial charge in [0.25, 0.3) is 5.56 Å². The molecule has 0 saturated carbocycles. The number of anilines is 1. The zero-order valence-electron chi connectivity index (χ0n) is 22.4. The second-order valence-electron chi connectivity index (χ2n) is 10.5. The average Bonchev–Trinajstić information content (AvgIpc) is 3.53. The van der Waals surface area contributed by atoms with Crippen molar-refractivity contribution in [2.24, 2.45) is 7.05 Å². The van der Waals surface area contributed by atoms with Gasteiger partial charge >= 0.3 is 0 Å². The van der Waals surface area contributed by atoms with Gasteiger partial charge in [0.1, 0.15) is 0 Å². The Bertz CT molecular complexity index is 1670. The van der Waals surface area contributed by atoms with Crippen LogP contribution in [0.1, 0.15) is 41.4 Å². The Kier molecular flexibility index (Phi) is 6.29. The number of carbonyl (C=O) groups excluding carboxylic acids is 1. The van der Waals surface area contributed by atoms with E-state index in [4.69, 9.17) is 16.7 Å². The summed E-state index contributed by atoms with van der Waals surface area (Å²) in [4.78, 5) is 28.6. The highest BCUT2D eigenvalue weighted by atomic mass is 35.5. The third-order valence-electron chi connectivity index (χ3n) is 8.08. The predicted octanol–water partition coefficient (Wildman–Crippen LogP) is 3.70. The topological polar surface area (TPSA) is 105 Å². The maximum absolute atomic E-state index is 12.4. The van der Waals surface area contributed by atoms with Crippen molar-refractivity contribution in [1.82, 2.24) is 34.7 Å². The number of carbonyl (C=O) groups is 1. The molecular weight excluding hydrogens is 516 g/mol. The van der Waals surface area contributed by atoms with E-state index in [-0.39, 0.29) is 17.5 Å². The molecule has 4 aromatic rings. The van der Waals surface area contributed by atoms with Gasteiger partial charge in [0, 0.05) is 73.5 Å². The standard InChI is InChI=1S/C28H31ClN8O2/c1-5-23(38)35-9-6-19(7-10-35)37-17(3)25(26-20-14-30-31-22(20)12-16(2)27(26)29)28(33-37)36-11-8-21-18(15-36)13-24(39)34(4)32-21/h5,12-14,19H,1,6-11,15H2,2-4H3,(H,30,31). The number of benzene rings is 1. The Morgan fingerprint density at radius 3 is 2.67 bits per heavy atom. The van der Waals surface area contributed by atoms with Gasteiger partial charge in [0.2, 0.25) is 5.91 Å². The minimum Gasteiger partial charge on any atom is -0.350 e. The third-order valence-corrected chi connectivity index (χ3v) is 8.57. The maximum atomic E-state index is 12.4. The van der Waals surface area contributed by atoms with Crippen LogP contribution in [0.2, 0.25) is 5.02 Å². The van der Waals surface area contributed by atoms with Gasteiger partial charge in [0.15, 0.2) is 5.82 Å². The molecule has 0 spiro atoms. The zero-order chi connectivity index (χ0) is 27.4. The number of aryl methyl sites for hydroxylation is 2. The van der Waals surface area contributed by atoms with Crippen LogP contribution >= 0.6 is 11.6 Å². The van der Waals surface area contributed by atoms with E-state index in [1.54, 1.807) is 13.1 Å². The fraction of sp³-hybridized carbons (Fsp3) is 0.393. The van der Waals surface area contributed by atoms with Crippen LogP contribution in [0, 0.1) is 13.8 Å². The maximum Gasteiger partial charge on any atom is 0.266 e. The van der Waals surface area contributed by atoms with E-state index in [2.05, 4.69) is 38.4 Å². The summed E-state index contributed by atoms with van der Waals surface area (Å²) in [5.41, 5.74) is 6.50. The van der Waals surface area contributed by atoms with Gasteiger partial charge in [-0.2, -0.15) is 15.3 Å². The summed E-state index contributed by atoms with van der Waals surface area (Å²) in [6.07, 6.45) is 5.50. The Balaban J connectivity index is 1.48. The monoisotopic (exact) mass is 546 g/mol. The van der Waals surface area contributed by atoms with E-state index in [0.717, 1.165) is 63.2 Å². The van der Waals surface area contributed by atoms with Crippen LogP contribution in [-0.2, 0) is 24.8 Å². The van der Waals surface area contributed by atoms with Gasteiger partial charge in [0.05, 0.1) is 28.5 Å². The molecule has 1 aromatic carbocycles. The van der Waals surface area contributed by atoms with Crippen LogP contribution in [0.3, 0.4) is 0 Å².